The molecule has 2 saturated carbocycles. The zero-order valence-corrected chi connectivity index (χ0v) is 16.5. The van der Waals surface area contributed by atoms with Gasteiger partial charge in [0.2, 0.25) is 5.91 Å². The molecule has 2 aromatic heterocycles. The number of amides is 1. The minimum absolute atomic E-state index is 0.115. The molecule has 0 saturated heterocycles. The standard InChI is InChI=1S/C21H25N5O2/c1-12-6-19(25-20(23-12)14-7-15(8-14)28-3)26-11-21(4-5-21)16-10-22-18(9-17(16)26)24-13(2)27/h6,9-10,14-15H,4-5,7-8,11H2,1-3H3,(H,22,24,27). The van der Waals surface area contributed by atoms with Crippen LogP contribution in [0.25, 0.3) is 0 Å². The van der Waals surface area contributed by atoms with Gasteiger partial charge in [-0.1, -0.05) is 0 Å². The lowest BCUT2D eigenvalue weighted by Crippen LogP contribution is -2.30. The van der Waals surface area contributed by atoms with Crippen molar-refractivity contribution in [2.75, 3.05) is 23.9 Å². The number of nitrogens with zero attached hydrogens (tertiary/aromatic N) is 4. The van der Waals surface area contributed by atoms with Gasteiger partial charge in [-0.25, -0.2) is 15.0 Å². The van der Waals surface area contributed by atoms with Gasteiger partial charge in [-0.15, -0.1) is 0 Å². The summed E-state index contributed by atoms with van der Waals surface area (Å²) < 4.78 is 5.42. The van der Waals surface area contributed by atoms with Gasteiger partial charge in [0.1, 0.15) is 17.5 Å². The molecule has 0 bridgehead atoms. The molecule has 7 heteroatoms. The van der Waals surface area contributed by atoms with Crippen molar-refractivity contribution in [3.63, 3.8) is 0 Å². The maximum atomic E-state index is 11.5. The summed E-state index contributed by atoms with van der Waals surface area (Å²) in [6, 6.07) is 4.03. The Bertz CT molecular complexity index is 950. The normalized spacial score (nSPS) is 24.0. The van der Waals surface area contributed by atoms with Crippen LogP contribution in [0.3, 0.4) is 0 Å². The van der Waals surface area contributed by atoms with Crippen LogP contribution in [0.5, 0.6) is 0 Å². The maximum Gasteiger partial charge on any atom is 0.222 e. The van der Waals surface area contributed by atoms with Crippen LogP contribution in [0, 0.1) is 6.92 Å². The van der Waals surface area contributed by atoms with Crippen LogP contribution < -0.4 is 10.2 Å². The molecule has 1 amide bonds. The molecule has 5 rings (SSSR count). The molecule has 3 heterocycles. The predicted molar refractivity (Wildman–Crippen MR) is 106 cm³/mol. The number of aromatic nitrogens is 3. The van der Waals surface area contributed by atoms with E-state index in [1.54, 1.807) is 7.11 Å². The fourth-order valence-corrected chi connectivity index (χ4v) is 4.45. The van der Waals surface area contributed by atoms with Crippen molar-refractivity contribution in [2.24, 2.45) is 0 Å². The molecule has 3 aliphatic rings. The van der Waals surface area contributed by atoms with Crippen LogP contribution in [0.4, 0.5) is 17.3 Å². The molecule has 28 heavy (non-hydrogen) atoms. The van der Waals surface area contributed by atoms with Gasteiger partial charge >= 0.3 is 0 Å². The number of nitrogens with one attached hydrogen (secondary N) is 1. The van der Waals surface area contributed by atoms with Gasteiger partial charge in [-0.2, -0.15) is 0 Å². The van der Waals surface area contributed by atoms with Crippen LogP contribution in [0.1, 0.15) is 55.6 Å². The first-order chi connectivity index (χ1) is 13.5. The Morgan fingerprint density at radius 2 is 2.07 bits per heavy atom. The first-order valence-electron chi connectivity index (χ1n) is 9.91. The minimum atomic E-state index is -0.115. The predicted octanol–water partition coefficient (Wildman–Crippen LogP) is 3.21. The number of carbonyl (C=O) groups excluding carboxylic acids is 1. The minimum Gasteiger partial charge on any atom is -0.381 e. The SMILES string of the molecule is COC1CC(c2nc(C)cc(N3CC4(CC4)c4cnc(NC(C)=O)cc43)n2)C1. The second-order valence-electron chi connectivity index (χ2n) is 8.39. The Kier molecular flexibility index (Phi) is 3.91. The van der Waals surface area contributed by atoms with Crippen molar-refractivity contribution >= 4 is 23.2 Å². The number of ether oxygens (including phenoxy) is 1. The number of fused-ring (bicyclic) bond motifs is 2. The average Bonchev–Trinajstić information content (AvgIpc) is 3.31. The second-order valence-corrected chi connectivity index (χ2v) is 8.39. The molecule has 0 radical (unpaired) electrons. The summed E-state index contributed by atoms with van der Waals surface area (Å²) in [7, 11) is 1.76. The van der Waals surface area contributed by atoms with Crippen molar-refractivity contribution in [1.29, 1.82) is 0 Å². The van der Waals surface area contributed by atoms with E-state index in [1.807, 2.05) is 19.2 Å². The molecule has 7 nitrogen and oxygen atoms in total. The number of carbonyl (C=O) groups is 1. The number of anilines is 3. The number of aryl methyl sites for hydroxylation is 1. The zero-order valence-electron chi connectivity index (χ0n) is 16.5. The Hall–Kier alpha value is -2.54. The molecule has 0 unspecified atom stereocenters. The summed E-state index contributed by atoms with van der Waals surface area (Å²) in [6.45, 7) is 4.44. The van der Waals surface area contributed by atoms with Crippen LogP contribution >= 0.6 is 0 Å². The van der Waals surface area contributed by atoms with Gasteiger partial charge in [0, 0.05) is 61.5 Å². The topological polar surface area (TPSA) is 80.2 Å². The highest BCUT2D eigenvalue weighted by molar-refractivity contribution is 5.89. The van der Waals surface area contributed by atoms with Crippen LogP contribution in [-0.2, 0) is 14.9 Å². The smallest absolute Gasteiger partial charge is 0.222 e. The Morgan fingerprint density at radius 3 is 2.75 bits per heavy atom. The molecular formula is C21H25N5O2. The number of methoxy groups -OCH3 is 1. The van der Waals surface area contributed by atoms with Crippen LogP contribution in [0.15, 0.2) is 18.3 Å². The Labute approximate surface area is 164 Å². The van der Waals surface area contributed by atoms with E-state index in [9.17, 15) is 4.79 Å². The third-order valence-electron chi connectivity index (χ3n) is 6.29. The lowest BCUT2D eigenvalue weighted by molar-refractivity contribution is -0.114. The summed E-state index contributed by atoms with van der Waals surface area (Å²) in [4.78, 5) is 27.8. The van der Waals surface area contributed by atoms with E-state index in [0.29, 0.717) is 17.8 Å². The summed E-state index contributed by atoms with van der Waals surface area (Å²) in [6.07, 6.45) is 6.57. The van der Waals surface area contributed by atoms with E-state index in [-0.39, 0.29) is 11.3 Å². The van der Waals surface area contributed by atoms with E-state index in [1.165, 1.54) is 25.3 Å². The monoisotopic (exact) mass is 379 g/mol. The van der Waals surface area contributed by atoms with Gasteiger partial charge in [-0.3, -0.25) is 4.79 Å². The molecule has 0 atom stereocenters. The van der Waals surface area contributed by atoms with Gasteiger partial charge < -0.3 is 15.0 Å². The highest BCUT2D eigenvalue weighted by Crippen LogP contribution is 2.58. The number of hydrogen-bond donors (Lipinski definition) is 1. The average molecular weight is 379 g/mol. The molecule has 2 aliphatic carbocycles. The van der Waals surface area contributed by atoms with Crippen molar-refractivity contribution in [1.82, 2.24) is 15.0 Å². The molecule has 146 valence electrons. The molecule has 1 aliphatic heterocycles. The maximum absolute atomic E-state index is 11.5. The number of hydrogen-bond acceptors (Lipinski definition) is 6. The molecule has 2 fully saturated rings. The van der Waals surface area contributed by atoms with E-state index in [4.69, 9.17) is 14.7 Å². The lowest BCUT2D eigenvalue weighted by atomic mass is 9.81. The summed E-state index contributed by atoms with van der Waals surface area (Å²) >= 11 is 0. The van der Waals surface area contributed by atoms with Crippen molar-refractivity contribution in [2.45, 2.75) is 57.0 Å². The number of pyridine rings is 1. The van der Waals surface area contributed by atoms with E-state index in [2.05, 4.69) is 21.3 Å². The van der Waals surface area contributed by atoms with Crippen molar-refractivity contribution < 1.29 is 9.53 Å². The van der Waals surface area contributed by atoms with Gasteiger partial charge in [0.25, 0.3) is 0 Å². The van der Waals surface area contributed by atoms with Gasteiger partial charge in [0.05, 0.1) is 11.8 Å². The van der Waals surface area contributed by atoms with E-state index < -0.39 is 0 Å². The van der Waals surface area contributed by atoms with Crippen LogP contribution in [0.2, 0.25) is 0 Å². The Morgan fingerprint density at radius 1 is 1.29 bits per heavy atom. The first kappa shape index (κ1) is 17.6. The van der Waals surface area contributed by atoms with Crippen LogP contribution in [-0.4, -0.2) is 40.6 Å². The highest BCUT2D eigenvalue weighted by Gasteiger charge is 2.52. The summed E-state index contributed by atoms with van der Waals surface area (Å²) in [5, 5.41) is 2.80. The molecule has 1 spiro atoms. The third kappa shape index (κ3) is 2.85. The van der Waals surface area contributed by atoms with E-state index in [0.717, 1.165) is 42.4 Å². The zero-order chi connectivity index (χ0) is 19.5. The molecule has 0 aromatic carbocycles. The molecule has 1 N–H and O–H groups in total. The second kappa shape index (κ2) is 6.24. The largest absolute Gasteiger partial charge is 0.381 e. The van der Waals surface area contributed by atoms with E-state index >= 15 is 0 Å². The highest BCUT2D eigenvalue weighted by atomic mass is 16.5. The number of rotatable bonds is 4. The van der Waals surface area contributed by atoms with Crippen molar-refractivity contribution in [3.05, 3.63) is 35.4 Å². The fourth-order valence-electron chi connectivity index (χ4n) is 4.45. The molecular weight excluding hydrogens is 354 g/mol. The van der Waals surface area contributed by atoms with Gasteiger partial charge in [-0.05, 0) is 32.6 Å². The fraction of sp³-hybridized carbons (Fsp3) is 0.524. The van der Waals surface area contributed by atoms with Gasteiger partial charge in [0.15, 0.2) is 0 Å². The lowest BCUT2D eigenvalue weighted by Gasteiger charge is -2.33. The molecule has 2 aromatic rings. The summed E-state index contributed by atoms with van der Waals surface area (Å²) in [5.41, 5.74) is 3.54. The summed E-state index contributed by atoms with van der Waals surface area (Å²) in [5.74, 6) is 2.69. The first-order valence-corrected chi connectivity index (χ1v) is 9.91. The van der Waals surface area contributed by atoms with Crippen molar-refractivity contribution in [3.8, 4) is 0 Å². The third-order valence-corrected chi connectivity index (χ3v) is 6.29. The quantitative estimate of drug-likeness (QED) is 0.879. The Balaban J connectivity index is 1.51.